The van der Waals surface area contributed by atoms with Gasteiger partial charge in [-0.05, 0) is 38.5 Å². The lowest BCUT2D eigenvalue weighted by Gasteiger charge is -2.15. The van der Waals surface area contributed by atoms with Crippen LogP contribution >= 0.6 is 11.6 Å². The van der Waals surface area contributed by atoms with Crippen LogP contribution in [0.5, 0.6) is 5.75 Å². The number of hydrogen-bond acceptors (Lipinski definition) is 4. The summed E-state index contributed by atoms with van der Waals surface area (Å²) in [6, 6.07) is 5.07. The van der Waals surface area contributed by atoms with E-state index in [2.05, 4.69) is 0 Å². The molecule has 0 saturated carbocycles. The molecule has 5 heteroatoms. The molecule has 2 atom stereocenters. The topological polar surface area (TPSA) is 58.9 Å². The fraction of sp³-hybridized carbons (Fsp3) is 0.571. The minimum atomic E-state index is -0.699. The number of hydrogen-bond donors (Lipinski definition) is 2. The minimum absolute atomic E-state index is 0.0727. The highest BCUT2D eigenvalue weighted by atomic mass is 35.5. The van der Waals surface area contributed by atoms with Crippen molar-refractivity contribution in [3.05, 3.63) is 28.8 Å². The van der Waals surface area contributed by atoms with E-state index in [4.69, 9.17) is 21.1 Å². The molecule has 0 aliphatic carbocycles. The van der Waals surface area contributed by atoms with E-state index in [1.165, 1.54) is 0 Å². The Labute approximate surface area is 118 Å². The number of aliphatic hydroxyl groups is 2. The highest BCUT2D eigenvalue weighted by molar-refractivity contribution is 6.32. The molecule has 0 heterocycles. The van der Waals surface area contributed by atoms with Crippen molar-refractivity contribution in [3.63, 3.8) is 0 Å². The van der Waals surface area contributed by atoms with E-state index in [9.17, 15) is 10.2 Å². The Kier molecular flexibility index (Phi) is 6.58. The zero-order valence-electron chi connectivity index (χ0n) is 11.5. The fourth-order valence-electron chi connectivity index (χ4n) is 1.43. The lowest BCUT2D eigenvalue weighted by Crippen LogP contribution is -2.25. The van der Waals surface area contributed by atoms with Crippen LogP contribution in [0, 0.1) is 0 Å². The van der Waals surface area contributed by atoms with Gasteiger partial charge in [-0.15, -0.1) is 0 Å². The number of ether oxygens (including phenoxy) is 2. The summed E-state index contributed by atoms with van der Waals surface area (Å²) in [5, 5.41) is 19.5. The van der Waals surface area contributed by atoms with Gasteiger partial charge in [-0.25, -0.2) is 0 Å². The van der Waals surface area contributed by atoms with Crippen LogP contribution in [0.25, 0.3) is 0 Å². The first-order valence-corrected chi connectivity index (χ1v) is 6.68. The van der Waals surface area contributed by atoms with Crippen molar-refractivity contribution in [1.29, 1.82) is 0 Å². The van der Waals surface area contributed by atoms with Crippen molar-refractivity contribution in [3.8, 4) is 5.75 Å². The van der Waals surface area contributed by atoms with Crippen molar-refractivity contribution in [2.45, 2.75) is 39.1 Å². The lowest BCUT2D eigenvalue weighted by atomic mass is 10.1. The second-order valence-corrected chi connectivity index (χ2v) is 5.12. The molecule has 0 bridgehead atoms. The van der Waals surface area contributed by atoms with Crippen LogP contribution in [-0.2, 0) is 4.74 Å². The largest absolute Gasteiger partial charge is 0.489 e. The third-order valence-corrected chi connectivity index (χ3v) is 2.79. The van der Waals surface area contributed by atoms with Gasteiger partial charge < -0.3 is 19.7 Å². The van der Waals surface area contributed by atoms with Gasteiger partial charge in [-0.2, -0.15) is 0 Å². The maximum atomic E-state index is 9.66. The predicted molar refractivity (Wildman–Crippen MR) is 74.7 cm³/mol. The normalized spacial score (nSPS) is 14.5. The van der Waals surface area contributed by atoms with Crippen LogP contribution in [0.3, 0.4) is 0 Å². The first kappa shape index (κ1) is 16.2. The Bertz CT molecular complexity index is 393. The molecule has 0 aromatic heterocycles. The van der Waals surface area contributed by atoms with Crippen LogP contribution in [-0.4, -0.2) is 35.6 Å². The average Bonchev–Trinajstić information content (AvgIpc) is 2.34. The first-order valence-electron chi connectivity index (χ1n) is 6.30. The molecular formula is C14H21ClO4. The number of benzene rings is 1. The van der Waals surface area contributed by atoms with Crippen molar-refractivity contribution >= 4 is 11.6 Å². The van der Waals surface area contributed by atoms with E-state index in [1.807, 2.05) is 13.8 Å². The molecule has 1 aromatic rings. The van der Waals surface area contributed by atoms with E-state index >= 15 is 0 Å². The minimum Gasteiger partial charge on any atom is -0.489 e. The Morgan fingerprint density at radius 3 is 2.37 bits per heavy atom. The average molecular weight is 289 g/mol. The SMILES string of the molecule is CC(C)OCC(O)COc1ccc([C@@H](C)O)cc1Cl. The number of halogens is 1. The van der Waals surface area contributed by atoms with Crippen molar-refractivity contribution < 1.29 is 19.7 Å². The summed E-state index contributed by atoms with van der Waals surface area (Å²) < 4.78 is 10.7. The van der Waals surface area contributed by atoms with Gasteiger partial charge >= 0.3 is 0 Å². The zero-order valence-corrected chi connectivity index (χ0v) is 12.2. The van der Waals surface area contributed by atoms with Gasteiger partial charge in [-0.1, -0.05) is 17.7 Å². The smallest absolute Gasteiger partial charge is 0.138 e. The summed E-state index contributed by atoms with van der Waals surface area (Å²) in [7, 11) is 0. The van der Waals surface area contributed by atoms with Gasteiger partial charge in [0.1, 0.15) is 18.5 Å². The zero-order chi connectivity index (χ0) is 14.4. The Hall–Kier alpha value is -0.810. The van der Waals surface area contributed by atoms with Gasteiger partial charge in [0.05, 0.1) is 23.8 Å². The Balaban J connectivity index is 2.49. The van der Waals surface area contributed by atoms with Crippen LogP contribution in [0.1, 0.15) is 32.4 Å². The molecule has 0 aliphatic rings. The quantitative estimate of drug-likeness (QED) is 0.809. The van der Waals surface area contributed by atoms with Crippen molar-refractivity contribution in [2.75, 3.05) is 13.2 Å². The highest BCUT2D eigenvalue weighted by Crippen LogP contribution is 2.27. The van der Waals surface area contributed by atoms with Crippen molar-refractivity contribution in [1.82, 2.24) is 0 Å². The maximum Gasteiger partial charge on any atom is 0.138 e. The summed E-state index contributed by atoms with van der Waals surface area (Å²) in [6.45, 7) is 5.80. The monoisotopic (exact) mass is 288 g/mol. The molecule has 1 aromatic carbocycles. The van der Waals surface area contributed by atoms with E-state index in [-0.39, 0.29) is 19.3 Å². The highest BCUT2D eigenvalue weighted by Gasteiger charge is 2.10. The molecular weight excluding hydrogens is 268 g/mol. The van der Waals surface area contributed by atoms with E-state index in [0.717, 1.165) is 5.56 Å². The molecule has 0 radical (unpaired) electrons. The summed E-state index contributed by atoms with van der Waals surface area (Å²) in [6.07, 6.45) is -1.20. The molecule has 1 unspecified atom stereocenters. The number of aliphatic hydroxyl groups excluding tert-OH is 2. The lowest BCUT2D eigenvalue weighted by molar-refractivity contribution is -0.0122. The van der Waals surface area contributed by atoms with Crippen LogP contribution < -0.4 is 4.74 Å². The Morgan fingerprint density at radius 1 is 1.16 bits per heavy atom. The van der Waals surface area contributed by atoms with Gasteiger partial charge in [0.2, 0.25) is 0 Å². The molecule has 0 amide bonds. The second kappa shape index (κ2) is 7.70. The van der Waals surface area contributed by atoms with Gasteiger partial charge in [0.15, 0.2) is 0 Å². The van der Waals surface area contributed by atoms with Gasteiger partial charge in [0, 0.05) is 0 Å². The van der Waals surface area contributed by atoms with Crippen molar-refractivity contribution in [2.24, 2.45) is 0 Å². The summed E-state index contributed by atoms with van der Waals surface area (Å²) in [4.78, 5) is 0. The summed E-state index contributed by atoms with van der Waals surface area (Å²) in [5.41, 5.74) is 0.723. The standard InChI is InChI=1S/C14H21ClO4/c1-9(2)18-7-12(17)8-19-14-5-4-11(10(3)16)6-13(14)15/h4-6,9-10,12,16-17H,7-8H2,1-3H3/t10-,12?/m1/s1. The first-order chi connectivity index (χ1) is 8.90. The molecule has 2 N–H and O–H groups in total. The molecule has 0 fully saturated rings. The maximum absolute atomic E-state index is 9.66. The third-order valence-electron chi connectivity index (χ3n) is 2.49. The molecule has 1 rings (SSSR count). The van der Waals surface area contributed by atoms with Crippen LogP contribution in [0.15, 0.2) is 18.2 Å². The Morgan fingerprint density at radius 2 is 1.84 bits per heavy atom. The summed E-state index contributed by atoms with van der Waals surface area (Å²) in [5.74, 6) is 0.481. The van der Waals surface area contributed by atoms with E-state index in [1.54, 1.807) is 25.1 Å². The van der Waals surface area contributed by atoms with Crippen LogP contribution in [0.4, 0.5) is 0 Å². The van der Waals surface area contributed by atoms with E-state index < -0.39 is 12.2 Å². The second-order valence-electron chi connectivity index (χ2n) is 4.71. The van der Waals surface area contributed by atoms with Gasteiger partial charge in [-0.3, -0.25) is 0 Å². The van der Waals surface area contributed by atoms with Gasteiger partial charge in [0.25, 0.3) is 0 Å². The molecule has 0 saturated heterocycles. The predicted octanol–water partition coefficient (Wildman–Crippen LogP) is 2.56. The molecule has 4 nitrogen and oxygen atoms in total. The molecule has 19 heavy (non-hydrogen) atoms. The summed E-state index contributed by atoms with van der Waals surface area (Å²) >= 11 is 6.04. The molecule has 0 spiro atoms. The third kappa shape index (κ3) is 5.78. The molecule has 0 aliphatic heterocycles. The van der Waals surface area contributed by atoms with E-state index in [0.29, 0.717) is 10.8 Å². The fourth-order valence-corrected chi connectivity index (χ4v) is 1.68. The molecule has 108 valence electrons. The van der Waals surface area contributed by atoms with Crippen LogP contribution in [0.2, 0.25) is 5.02 Å². The number of rotatable bonds is 7.